The third-order valence-corrected chi connectivity index (χ3v) is 2.77. The van der Waals surface area contributed by atoms with Gasteiger partial charge in [-0.3, -0.25) is 0 Å². The molecule has 1 aliphatic carbocycles. The van der Waals surface area contributed by atoms with Crippen molar-refractivity contribution in [2.24, 2.45) is 0 Å². The van der Waals surface area contributed by atoms with Gasteiger partial charge in [0.1, 0.15) is 0 Å². The SMILES string of the molecule is CC.CCN(C)C1(CC)CC1. The van der Waals surface area contributed by atoms with Crippen LogP contribution in [0.2, 0.25) is 0 Å². The molecule has 0 unspecified atom stereocenters. The fourth-order valence-electron chi connectivity index (χ4n) is 1.48. The molecule has 68 valence electrons. The fraction of sp³-hybridized carbons (Fsp3) is 1.00. The highest BCUT2D eigenvalue weighted by Gasteiger charge is 2.43. The number of hydrogen-bond donors (Lipinski definition) is 0. The highest BCUT2D eigenvalue weighted by Crippen LogP contribution is 2.43. The summed E-state index contributed by atoms with van der Waals surface area (Å²) in [5, 5.41) is 0. The summed E-state index contributed by atoms with van der Waals surface area (Å²) in [6.45, 7) is 9.72. The van der Waals surface area contributed by atoms with E-state index in [2.05, 4.69) is 25.8 Å². The van der Waals surface area contributed by atoms with Gasteiger partial charge in [-0.1, -0.05) is 27.7 Å². The average molecular weight is 157 g/mol. The lowest BCUT2D eigenvalue weighted by molar-refractivity contribution is 0.226. The Morgan fingerprint density at radius 2 is 1.64 bits per heavy atom. The number of nitrogens with zero attached hydrogens (tertiary/aromatic N) is 1. The molecule has 1 nitrogen and oxygen atoms in total. The molecule has 0 spiro atoms. The molecular weight excluding hydrogens is 134 g/mol. The van der Waals surface area contributed by atoms with Crippen LogP contribution in [0.5, 0.6) is 0 Å². The Morgan fingerprint density at radius 1 is 1.18 bits per heavy atom. The van der Waals surface area contributed by atoms with E-state index in [0.717, 1.165) is 0 Å². The maximum atomic E-state index is 2.48. The Labute approximate surface area is 71.8 Å². The van der Waals surface area contributed by atoms with Gasteiger partial charge in [0.15, 0.2) is 0 Å². The Kier molecular flexibility index (Phi) is 4.74. The van der Waals surface area contributed by atoms with Crippen molar-refractivity contribution >= 4 is 0 Å². The molecule has 0 aromatic heterocycles. The second-order valence-corrected chi connectivity index (χ2v) is 3.09. The van der Waals surface area contributed by atoms with Crippen LogP contribution in [0.4, 0.5) is 0 Å². The Balaban J connectivity index is 0.000000461. The maximum Gasteiger partial charge on any atom is 0.0205 e. The average Bonchev–Trinajstić information content (AvgIpc) is 2.87. The Bertz CT molecular complexity index is 95.0. The van der Waals surface area contributed by atoms with Gasteiger partial charge in [-0.2, -0.15) is 0 Å². The van der Waals surface area contributed by atoms with Gasteiger partial charge < -0.3 is 4.90 Å². The molecule has 1 rings (SSSR count). The first kappa shape index (κ1) is 11.0. The minimum Gasteiger partial charge on any atom is -0.301 e. The molecule has 1 aliphatic rings. The predicted octanol–water partition coefficient (Wildman–Crippen LogP) is 2.91. The minimum absolute atomic E-state index is 0.634. The highest BCUT2D eigenvalue weighted by molar-refractivity contribution is 5.00. The summed E-state index contributed by atoms with van der Waals surface area (Å²) in [5.74, 6) is 0. The Morgan fingerprint density at radius 3 is 1.73 bits per heavy atom. The summed E-state index contributed by atoms with van der Waals surface area (Å²) in [6, 6.07) is 0. The van der Waals surface area contributed by atoms with E-state index >= 15 is 0 Å². The summed E-state index contributed by atoms with van der Waals surface area (Å²) in [5.41, 5.74) is 0.634. The van der Waals surface area contributed by atoms with Gasteiger partial charge in [-0.25, -0.2) is 0 Å². The van der Waals surface area contributed by atoms with E-state index in [4.69, 9.17) is 0 Å². The van der Waals surface area contributed by atoms with Gasteiger partial charge in [0, 0.05) is 5.54 Å². The van der Waals surface area contributed by atoms with Crippen LogP contribution < -0.4 is 0 Å². The van der Waals surface area contributed by atoms with Crippen LogP contribution in [0, 0.1) is 0 Å². The first-order chi connectivity index (χ1) is 5.25. The van der Waals surface area contributed by atoms with E-state index in [-0.39, 0.29) is 0 Å². The van der Waals surface area contributed by atoms with E-state index in [1.54, 1.807) is 0 Å². The van der Waals surface area contributed by atoms with E-state index in [1.165, 1.54) is 25.8 Å². The lowest BCUT2D eigenvalue weighted by Crippen LogP contribution is -2.32. The summed E-state index contributed by atoms with van der Waals surface area (Å²) in [4.78, 5) is 2.48. The number of hydrogen-bond acceptors (Lipinski definition) is 1. The van der Waals surface area contributed by atoms with Crippen LogP contribution in [-0.4, -0.2) is 24.0 Å². The molecule has 0 atom stereocenters. The molecule has 1 saturated carbocycles. The van der Waals surface area contributed by atoms with Crippen LogP contribution in [0.3, 0.4) is 0 Å². The molecule has 0 N–H and O–H groups in total. The quantitative estimate of drug-likeness (QED) is 0.609. The lowest BCUT2D eigenvalue weighted by atomic mass is 10.2. The molecule has 1 heteroatoms. The van der Waals surface area contributed by atoms with Crippen molar-refractivity contribution in [1.82, 2.24) is 4.90 Å². The van der Waals surface area contributed by atoms with E-state index < -0.39 is 0 Å². The third kappa shape index (κ3) is 2.48. The standard InChI is InChI=1S/C8H17N.C2H6/c1-4-8(6-7-8)9(3)5-2;1-2/h4-7H2,1-3H3;1-2H3. The third-order valence-electron chi connectivity index (χ3n) is 2.77. The molecule has 0 bridgehead atoms. The van der Waals surface area contributed by atoms with Gasteiger partial charge in [-0.15, -0.1) is 0 Å². The second kappa shape index (κ2) is 4.76. The van der Waals surface area contributed by atoms with Crippen molar-refractivity contribution < 1.29 is 0 Å². The van der Waals surface area contributed by atoms with Crippen molar-refractivity contribution in [1.29, 1.82) is 0 Å². The molecule has 11 heavy (non-hydrogen) atoms. The normalized spacial score (nSPS) is 19.1. The van der Waals surface area contributed by atoms with Gasteiger partial charge in [0.05, 0.1) is 0 Å². The van der Waals surface area contributed by atoms with Crippen LogP contribution in [-0.2, 0) is 0 Å². The summed E-state index contributed by atoms with van der Waals surface area (Å²) in [6.07, 6.45) is 4.18. The second-order valence-electron chi connectivity index (χ2n) is 3.09. The van der Waals surface area contributed by atoms with E-state index in [9.17, 15) is 0 Å². The molecule has 0 aromatic carbocycles. The minimum atomic E-state index is 0.634. The van der Waals surface area contributed by atoms with E-state index in [1.807, 2.05) is 13.8 Å². The zero-order valence-corrected chi connectivity index (χ0v) is 8.78. The Hall–Kier alpha value is -0.0400. The monoisotopic (exact) mass is 157 g/mol. The molecule has 0 aromatic rings. The molecule has 0 heterocycles. The van der Waals surface area contributed by atoms with Crippen LogP contribution in [0.25, 0.3) is 0 Å². The molecular formula is C10H23N. The van der Waals surface area contributed by atoms with Crippen LogP contribution >= 0.6 is 0 Å². The van der Waals surface area contributed by atoms with Crippen molar-refractivity contribution in [3.8, 4) is 0 Å². The number of rotatable bonds is 3. The summed E-state index contributed by atoms with van der Waals surface area (Å²) < 4.78 is 0. The zero-order chi connectivity index (χ0) is 8.91. The molecule has 0 radical (unpaired) electrons. The molecule has 1 fully saturated rings. The summed E-state index contributed by atoms with van der Waals surface area (Å²) >= 11 is 0. The fourth-order valence-corrected chi connectivity index (χ4v) is 1.48. The van der Waals surface area contributed by atoms with Crippen molar-refractivity contribution in [3.63, 3.8) is 0 Å². The van der Waals surface area contributed by atoms with Gasteiger partial charge in [0.25, 0.3) is 0 Å². The van der Waals surface area contributed by atoms with E-state index in [0.29, 0.717) is 5.54 Å². The molecule has 0 amide bonds. The molecule has 0 aliphatic heterocycles. The maximum absolute atomic E-state index is 2.48. The first-order valence-corrected chi connectivity index (χ1v) is 4.96. The van der Waals surface area contributed by atoms with Gasteiger partial charge in [0.2, 0.25) is 0 Å². The van der Waals surface area contributed by atoms with Gasteiger partial charge >= 0.3 is 0 Å². The van der Waals surface area contributed by atoms with Crippen LogP contribution in [0.15, 0.2) is 0 Å². The first-order valence-electron chi connectivity index (χ1n) is 4.96. The zero-order valence-electron chi connectivity index (χ0n) is 8.78. The predicted molar refractivity (Wildman–Crippen MR) is 51.9 cm³/mol. The lowest BCUT2D eigenvalue weighted by Gasteiger charge is -2.24. The van der Waals surface area contributed by atoms with Crippen molar-refractivity contribution in [3.05, 3.63) is 0 Å². The topological polar surface area (TPSA) is 3.24 Å². The van der Waals surface area contributed by atoms with Crippen molar-refractivity contribution in [2.45, 2.75) is 52.5 Å². The van der Waals surface area contributed by atoms with Crippen molar-refractivity contribution in [2.75, 3.05) is 13.6 Å². The van der Waals surface area contributed by atoms with Crippen LogP contribution in [0.1, 0.15) is 47.0 Å². The largest absolute Gasteiger partial charge is 0.301 e. The molecule has 0 saturated heterocycles. The van der Waals surface area contributed by atoms with Gasteiger partial charge in [-0.05, 0) is 32.9 Å². The summed E-state index contributed by atoms with van der Waals surface area (Å²) in [7, 11) is 2.23. The highest BCUT2D eigenvalue weighted by atomic mass is 15.2. The smallest absolute Gasteiger partial charge is 0.0205 e.